The van der Waals surface area contributed by atoms with Gasteiger partial charge in [-0.2, -0.15) is 0 Å². The topological polar surface area (TPSA) is 58.2 Å². The summed E-state index contributed by atoms with van der Waals surface area (Å²) in [7, 11) is 0. The standard InChI is InChI=1S/C11H9F3N2O2/c12-7-2-6(3-8(13)10(7)14)16-11(18)5-1-9(17)15-4-5/h2-3,5H,1,4H2,(H,15,17)(H,16,18). The summed E-state index contributed by atoms with van der Waals surface area (Å²) >= 11 is 0. The molecule has 2 N–H and O–H groups in total. The fourth-order valence-corrected chi connectivity index (χ4v) is 1.66. The number of amides is 2. The summed E-state index contributed by atoms with van der Waals surface area (Å²) in [6, 6.07) is 1.36. The third-order valence-electron chi connectivity index (χ3n) is 2.60. The van der Waals surface area contributed by atoms with Crippen molar-refractivity contribution in [1.29, 1.82) is 0 Å². The molecule has 0 bridgehead atoms. The Bertz CT molecular complexity index is 496. The van der Waals surface area contributed by atoms with E-state index >= 15 is 0 Å². The smallest absolute Gasteiger partial charge is 0.229 e. The first-order valence-corrected chi connectivity index (χ1v) is 5.19. The summed E-state index contributed by atoms with van der Waals surface area (Å²) in [6.07, 6.45) is 0.0258. The van der Waals surface area contributed by atoms with Crippen LogP contribution in [0.1, 0.15) is 6.42 Å². The van der Waals surface area contributed by atoms with Crippen molar-refractivity contribution in [3.63, 3.8) is 0 Å². The van der Waals surface area contributed by atoms with E-state index in [1.54, 1.807) is 0 Å². The molecule has 1 unspecified atom stereocenters. The molecule has 2 amide bonds. The van der Waals surface area contributed by atoms with Gasteiger partial charge in [0.15, 0.2) is 17.5 Å². The number of carbonyl (C=O) groups is 2. The first-order valence-electron chi connectivity index (χ1n) is 5.19. The van der Waals surface area contributed by atoms with Crippen LogP contribution in [0.3, 0.4) is 0 Å². The Morgan fingerprint density at radius 1 is 1.28 bits per heavy atom. The van der Waals surface area contributed by atoms with E-state index in [2.05, 4.69) is 10.6 Å². The quantitative estimate of drug-likeness (QED) is 0.782. The Labute approximate surface area is 100 Å². The SMILES string of the molecule is O=C1CC(C(=O)Nc2cc(F)c(F)c(F)c2)CN1. The van der Waals surface area contributed by atoms with Gasteiger partial charge in [0.25, 0.3) is 0 Å². The molecule has 18 heavy (non-hydrogen) atoms. The van der Waals surface area contributed by atoms with E-state index in [9.17, 15) is 22.8 Å². The zero-order valence-electron chi connectivity index (χ0n) is 9.10. The Morgan fingerprint density at radius 3 is 2.39 bits per heavy atom. The second kappa shape index (κ2) is 4.67. The van der Waals surface area contributed by atoms with Gasteiger partial charge in [0.1, 0.15) is 0 Å². The summed E-state index contributed by atoms with van der Waals surface area (Å²) in [5, 5.41) is 4.70. The minimum Gasteiger partial charge on any atom is -0.355 e. The number of hydrogen-bond donors (Lipinski definition) is 2. The summed E-state index contributed by atoms with van der Waals surface area (Å²) in [5.74, 6) is -5.75. The molecule has 1 saturated heterocycles. The summed E-state index contributed by atoms with van der Waals surface area (Å²) in [6.45, 7) is 0.177. The van der Waals surface area contributed by atoms with Crippen molar-refractivity contribution in [2.45, 2.75) is 6.42 Å². The number of benzene rings is 1. The number of hydrogen-bond acceptors (Lipinski definition) is 2. The lowest BCUT2D eigenvalue weighted by Crippen LogP contribution is -2.24. The van der Waals surface area contributed by atoms with Crippen molar-refractivity contribution in [3.05, 3.63) is 29.6 Å². The molecule has 96 valence electrons. The Hall–Kier alpha value is -2.05. The molecule has 0 spiro atoms. The van der Waals surface area contributed by atoms with E-state index in [4.69, 9.17) is 0 Å². The molecule has 1 heterocycles. The highest BCUT2D eigenvalue weighted by atomic mass is 19.2. The molecule has 4 nitrogen and oxygen atoms in total. The highest BCUT2D eigenvalue weighted by molar-refractivity contribution is 5.97. The van der Waals surface area contributed by atoms with Crippen LogP contribution in [0.25, 0.3) is 0 Å². The Kier molecular flexibility index (Phi) is 3.22. The van der Waals surface area contributed by atoms with E-state index in [1.807, 2.05) is 0 Å². The molecule has 1 atom stereocenters. The van der Waals surface area contributed by atoms with Crippen molar-refractivity contribution in [3.8, 4) is 0 Å². The van der Waals surface area contributed by atoms with Gasteiger partial charge in [-0.05, 0) is 0 Å². The summed E-state index contributed by atoms with van der Waals surface area (Å²) in [4.78, 5) is 22.5. The van der Waals surface area contributed by atoms with Crippen molar-refractivity contribution >= 4 is 17.5 Å². The molecule has 0 aromatic heterocycles. The first-order chi connectivity index (χ1) is 8.47. The normalized spacial score (nSPS) is 18.6. The molecule has 0 saturated carbocycles. The largest absolute Gasteiger partial charge is 0.355 e. The fourth-order valence-electron chi connectivity index (χ4n) is 1.66. The highest BCUT2D eigenvalue weighted by Crippen LogP contribution is 2.19. The molecule has 0 aliphatic carbocycles. The number of rotatable bonds is 2. The second-order valence-electron chi connectivity index (χ2n) is 3.95. The van der Waals surface area contributed by atoms with Crippen LogP contribution in [0.5, 0.6) is 0 Å². The zero-order chi connectivity index (χ0) is 13.3. The Morgan fingerprint density at radius 2 is 1.89 bits per heavy atom. The average molecular weight is 258 g/mol. The van der Waals surface area contributed by atoms with Crippen LogP contribution >= 0.6 is 0 Å². The molecule has 1 aromatic rings. The lowest BCUT2D eigenvalue weighted by atomic mass is 10.1. The van der Waals surface area contributed by atoms with Crippen LogP contribution in [0.2, 0.25) is 0 Å². The van der Waals surface area contributed by atoms with Crippen molar-refractivity contribution in [2.75, 3.05) is 11.9 Å². The third-order valence-corrected chi connectivity index (χ3v) is 2.60. The van der Waals surface area contributed by atoms with Gasteiger partial charge in [-0.15, -0.1) is 0 Å². The third kappa shape index (κ3) is 2.44. The van der Waals surface area contributed by atoms with Gasteiger partial charge in [-0.3, -0.25) is 9.59 Å². The van der Waals surface area contributed by atoms with Gasteiger partial charge in [-0.1, -0.05) is 0 Å². The first kappa shape index (κ1) is 12.4. The van der Waals surface area contributed by atoms with E-state index in [1.165, 1.54) is 0 Å². The van der Waals surface area contributed by atoms with E-state index < -0.39 is 29.3 Å². The monoisotopic (exact) mass is 258 g/mol. The van der Waals surface area contributed by atoms with E-state index in [-0.39, 0.29) is 24.6 Å². The average Bonchev–Trinajstić information content (AvgIpc) is 2.72. The molecule has 1 fully saturated rings. The maximum atomic E-state index is 12.9. The van der Waals surface area contributed by atoms with Crippen LogP contribution in [0.4, 0.5) is 18.9 Å². The van der Waals surface area contributed by atoms with Crippen molar-refractivity contribution < 1.29 is 22.8 Å². The molecule has 2 rings (SSSR count). The van der Waals surface area contributed by atoms with Crippen LogP contribution in [0.15, 0.2) is 12.1 Å². The molecule has 1 aliphatic heterocycles. The maximum absolute atomic E-state index is 12.9. The van der Waals surface area contributed by atoms with Crippen molar-refractivity contribution in [2.24, 2.45) is 5.92 Å². The van der Waals surface area contributed by atoms with Gasteiger partial charge in [-0.25, -0.2) is 13.2 Å². The van der Waals surface area contributed by atoms with Crippen LogP contribution in [-0.4, -0.2) is 18.4 Å². The van der Waals surface area contributed by atoms with Gasteiger partial charge in [0.05, 0.1) is 5.92 Å². The van der Waals surface area contributed by atoms with Crippen LogP contribution in [0, 0.1) is 23.4 Å². The molecular formula is C11H9F3N2O2. The van der Waals surface area contributed by atoms with E-state index in [0.29, 0.717) is 12.1 Å². The highest BCUT2D eigenvalue weighted by Gasteiger charge is 2.28. The number of anilines is 1. The number of halogens is 3. The van der Waals surface area contributed by atoms with Crippen LogP contribution in [-0.2, 0) is 9.59 Å². The second-order valence-corrected chi connectivity index (χ2v) is 3.95. The van der Waals surface area contributed by atoms with Gasteiger partial charge in [0.2, 0.25) is 11.8 Å². The maximum Gasteiger partial charge on any atom is 0.229 e. The number of carbonyl (C=O) groups excluding carboxylic acids is 2. The predicted octanol–water partition coefficient (Wildman–Crippen LogP) is 1.18. The van der Waals surface area contributed by atoms with E-state index in [0.717, 1.165) is 0 Å². The minimum absolute atomic E-state index is 0.0258. The predicted molar refractivity (Wildman–Crippen MR) is 56.1 cm³/mol. The Balaban J connectivity index is 2.10. The summed E-state index contributed by atoms with van der Waals surface area (Å²) in [5.41, 5.74) is -0.184. The van der Waals surface area contributed by atoms with Gasteiger partial charge in [0, 0.05) is 30.8 Å². The lowest BCUT2D eigenvalue weighted by molar-refractivity contribution is -0.123. The molecule has 7 heteroatoms. The lowest BCUT2D eigenvalue weighted by Gasteiger charge is -2.09. The molecule has 0 radical (unpaired) electrons. The fraction of sp³-hybridized carbons (Fsp3) is 0.273. The molecular weight excluding hydrogens is 249 g/mol. The van der Waals surface area contributed by atoms with Gasteiger partial charge < -0.3 is 10.6 Å². The minimum atomic E-state index is -1.59. The molecule has 1 aliphatic rings. The van der Waals surface area contributed by atoms with Crippen LogP contribution < -0.4 is 10.6 Å². The number of nitrogens with one attached hydrogen (secondary N) is 2. The van der Waals surface area contributed by atoms with Crippen molar-refractivity contribution in [1.82, 2.24) is 5.32 Å². The molecule has 1 aromatic carbocycles. The summed E-state index contributed by atoms with van der Waals surface area (Å²) < 4.78 is 38.5. The zero-order valence-corrected chi connectivity index (χ0v) is 9.10. The van der Waals surface area contributed by atoms with Gasteiger partial charge >= 0.3 is 0 Å².